The van der Waals surface area contributed by atoms with Crippen molar-refractivity contribution in [1.82, 2.24) is 10.2 Å². The fourth-order valence-corrected chi connectivity index (χ4v) is 2.60. The number of halogens is 2. The first-order chi connectivity index (χ1) is 9.56. The molecule has 0 spiro atoms. The van der Waals surface area contributed by atoms with Gasteiger partial charge in [-0.3, -0.25) is 9.69 Å². The molecule has 0 radical (unpaired) electrons. The number of amides is 1. The average molecular weight is 316 g/mol. The molecule has 1 aliphatic rings. The monoisotopic (exact) mass is 315 g/mol. The van der Waals surface area contributed by atoms with Crippen LogP contribution in [-0.2, 0) is 4.79 Å². The number of piperazine rings is 1. The van der Waals surface area contributed by atoms with E-state index < -0.39 is 0 Å². The van der Waals surface area contributed by atoms with E-state index in [9.17, 15) is 4.79 Å². The number of benzene rings is 1. The predicted octanol–water partition coefficient (Wildman–Crippen LogP) is 2.62. The maximum Gasteiger partial charge on any atom is 0.225 e. The lowest BCUT2D eigenvalue weighted by Crippen LogP contribution is -2.50. The van der Waals surface area contributed by atoms with Crippen molar-refractivity contribution in [1.29, 1.82) is 0 Å². The Labute approximate surface area is 129 Å². The second-order valence-electron chi connectivity index (χ2n) is 5.01. The third-order valence-corrected chi connectivity index (χ3v) is 4.03. The van der Waals surface area contributed by atoms with Crippen molar-refractivity contribution < 1.29 is 4.79 Å². The van der Waals surface area contributed by atoms with E-state index in [0.717, 1.165) is 26.2 Å². The summed E-state index contributed by atoms with van der Waals surface area (Å²) in [6, 6.07) is 5.50. The third kappa shape index (κ3) is 4.35. The Morgan fingerprint density at radius 3 is 3.05 bits per heavy atom. The molecule has 0 saturated carbocycles. The van der Waals surface area contributed by atoms with Crippen LogP contribution in [0.3, 0.4) is 0 Å². The summed E-state index contributed by atoms with van der Waals surface area (Å²) in [4.78, 5) is 14.3. The molecule has 0 aliphatic carbocycles. The number of rotatable bonds is 4. The molecule has 1 atom stereocenters. The van der Waals surface area contributed by atoms with Gasteiger partial charge in [0.15, 0.2) is 0 Å². The molecule has 2 N–H and O–H groups in total. The van der Waals surface area contributed by atoms with E-state index in [2.05, 4.69) is 22.5 Å². The predicted molar refractivity (Wildman–Crippen MR) is 83.6 cm³/mol. The van der Waals surface area contributed by atoms with Crippen LogP contribution in [0.1, 0.15) is 13.3 Å². The summed E-state index contributed by atoms with van der Waals surface area (Å²) in [5.74, 6) is -0.0418. The zero-order valence-corrected chi connectivity index (χ0v) is 13.0. The second kappa shape index (κ2) is 7.27. The largest absolute Gasteiger partial charge is 0.325 e. The van der Waals surface area contributed by atoms with Gasteiger partial charge in [-0.1, -0.05) is 23.2 Å². The Balaban J connectivity index is 1.84. The Hall–Kier alpha value is -0.810. The van der Waals surface area contributed by atoms with Crippen molar-refractivity contribution in [3.63, 3.8) is 0 Å². The van der Waals surface area contributed by atoms with Crippen molar-refractivity contribution in [2.75, 3.05) is 31.5 Å². The van der Waals surface area contributed by atoms with Gasteiger partial charge >= 0.3 is 0 Å². The number of hydrogen-bond acceptors (Lipinski definition) is 3. The average Bonchev–Trinajstić information content (AvgIpc) is 2.42. The molecule has 0 aromatic heterocycles. The number of hydrogen-bond donors (Lipinski definition) is 2. The summed E-state index contributed by atoms with van der Waals surface area (Å²) in [7, 11) is 0. The molecule has 1 aromatic rings. The number of carbonyl (C=O) groups is 1. The minimum Gasteiger partial charge on any atom is -0.325 e. The summed E-state index contributed by atoms with van der Waals surface area (Å²) >= 11 is 11.9. The molecular weight excluding hydrogens is 297 g/mol. The smallest absolute Gasteiger partial charge is 0.225 e. The lowest BCUT2D eigenvalue weighted by atomic mass is 10.2. The van der Waals surface area contributed by atoms with Gasteiger partial charge in [-0.05, 0) is 25.1 Å². The first-order valence-corrected chi connectivity index (χ1v) is 7.51. The zero-order valence-electron chi connectivity index (χ0n) is 11.5. The molecule has 1 aromatic carbocycles. The van der Waals surface area contributed by atoms with Crippen molar-refractivity contribution in [3.05, 3.63) is 28.2 Å². The summed E-state index contributed by atoms with van der Waals surface area (Å²) < 4.78 is 0. The van der Waals surface area contributed by atoms with E-state index >= 15 is 0 Å². The Bertz CT molecular complexity index is 481. The molecule has 110 valence electrons. The SMILES string of the molecule is CC1CNCCN1CCC(=O)Nc1cc(Cl)ccc1Cl. The lowest BCUT2D eigenvalue weighted by molar-refractivity contribution is -0.116. The quantitative estimate of drug-likeness (QED) is 0.897. The molecule has 0 bridgehead atoms. The topological polar surface area (TPSA) is 44.4 Å². The van der Waals surface area contributed by atoms with Gasteiger partial charge in [0.2, 0.25) is 5.91 Å². The first-order valence-electron chi connectivity index (χ1n) is 6.76. The molecule has 4 nitrogen and oxygen atoms in total. The summed E-state index contributed by atoms with van der Waals surface area (Å²) in [5, 5.41) is 7.19. The zero-order chi connectivity index (χ0) is 14.5. The van der Waals surface area contributed by atoms with Gasteiger partial charge in [-0.25, -0.2) is 0 Å². The van der Waals surface area contributed by atoms with Crippen LogP contribution in [0, 0.1) is 0 Å². The summed E-state index contributed by atoms with van der Waals surface area (Å²) in [5.41, 5.74) is 0.567. The number of nitrogens with zero attached hydrogens (tertiary/aromatic N) is 1. The minimum absolute atomic E-state index is 0.0418. The molecule has 1 heterocycles. The number of nitrogens with one attached hydrogen (secondary N) is 2. The molecule has 1 fully saturated rings. The normalized spacial score (nSPS) is 19.9. The maximum absolute atomic E-state index is 12.0. The molecule has 6 heteroatoms. The molecule has 1 aliphatic heterocycles. The van der Waals surface area contributed by atoms with Crippen LogP contribution in [0.2, 0.25) is 10.0 Å². The van der Waals surface area contributed by atoms with Crippen molar-refractivity contribution >= 4 is 34.8 Å². The molecule has 1 unspecified atom stereocenters. The van der Waals surface area contributed by atoms with E-state index in [4.69, 9.17) is 23.2 Å². The van der Waals surface area contributed by atoms with Gasteiger partial charge < -0.3 is 10.6 Å². The van der Waals surface area contributed by atoms with E-state index in [1.165, 1.54) is 0 Å². The van der Waals surface area contributed by atoms with Gasteiger partial charge in [0, 0.05) is 43.7 Å². The van der Waals surface area contributed by atoms with Crippen molar-refractivity contribution in [2.45, 2.75) is 19.4 Å². The van der Waals surface area contributed by atoms with E-state index in [-0.39, 0.29) is 5.91 Å². The minimum atomic E-state index is -0.0418. The van der Waals surface area contributed by atoms with Gasteiger partial charge in [-0.2, -0.15) is 0 Å². The summed E-state index contributed by atoms with van der Waals surface area (Å²) in [6.07, 6.45) is 0.452. The van der Waals surface area contributed by atoms with Gasteiger partial charge in [0.05, 0.1) is 10.7 Å². The molecule has 20 heavy (non-hydrogen) atoms. The highest BCUT2D eigenvalue weighted by molar-refractivity contribution is 6.35. The third-order valence-electron chi connectivity index (χ3n) is 3.47. The van der Waals surface area contributed by atoms with Crippen LogP contribution in [-0.4, -0.2) is 43.0 Å². The van der Waals surface area contributed by atoms with Crippen molar-refractivity contribution in [3.8, 4) is 0 Å². The molecular formula is C14H19Cl2N3O. The maximum atomic E-state index is 12.0. The Morgan fingerprint density at radius 2 is 2.30 bits per heavy atom. The van der Waals surface area contributed by atoms with Crippen LogP contribution in [0.15, 0.2) is 18.2 Å². The second-order valence-corrected chi connectivity index (χ2v) is 5.86. The summed E-state index contributed by atoms with van der Waals surface area (Å²) in [6.45, 7) is 5.85. The van der Waals surface area contributed by atoms with Gasteiger partial charge in [0.1, 0.15) is 0 Å². The highest BCUT2D eigenvalue weighted by Crippen LogP contribution is 2.25. The van der Waals surface area contributed by atoms with Gasteiger partial charge in [0.25, 0.3) is 0 Å². The lowest BCUT2D eigenvalue weighted by Gasteiger charge is -2.33. The fraction of sp³-hybridized carbons (Fsp3) is 0.500. The van der Waals surface area contributed by atoms with E-state index in [1.54, 1.807) is 18.2 Å². The highest BCUT2D eigenvalue weighted by atomic mass is 35.5. The van der Waals surface area contributed by atoms with Crippen molar-refractivity contribution in [2.24, 2.45) is 0 Å². The van der Waals surface area contributed by atoms with E-state index in [1.807, 2.05) is 0 Å². The Morgan fingerprint density at radius 1 is 1.50 bits per heavy atom. The highest BCUT2D eigenvalue weighted by Gasteiger charge is 2.18. The van der Waals surface area contributed by atoms with Crippen LogP contribution < -0.4 is 10.6 Å². The standard InChI is InChI=1S/C14H19Cl2N3O/c1-10-9-17-5-7-19(10)6-4-14(20)18-13-8-11(15)2-3-12(13)16/h2-3,8,10,17H,4-7,9H2,1H3,(H,18,20). The Kier molecular flexibility index (Phi) is 5.66. The van der Waals surface area contributed by atoms with Gasteiger partial charge in [-0.15, -0.1) is 0 Å². The van der Waals surface area contributed by atoms with Crippen LogP contribution in [0.25, 0.3) is 0 Å². The molecule has 1 amide bonds. The number of carbonyl (C=O) groups excluding carboxylic acids is 1. The molecule has 2 rings (SSSR count). The number of anilines is 1. The molecule has 1 saturated heterocycles. The van der Waals surface area contributed by atoms with Crippen LogP contribution in [0.5, 0.6) is 0 Å². The fourth-order valence-electron chi connectivity index (χ4n) is 2.27. The van der Waals surface area contributed by atoms with Crippen LogP contribution in [0.4, 0.5) is 5.69 Å². The van der Waals surface area contributed by atoms with E-state index in [0.29, 0.717) is 28.2 Å². The first kappa shape index (κ1) is 15.6. The van der Waals surface area contributed by atoms with Crippen LogP contribution >= 0.6 is 23.2 Å².